The number of ether oxygens (including phenoxy) is 3. The van der Waals surface area contributed by atoms with Gasteiger partial charge in [-0.15, -0.1) is 0 Å². The van der Waals surface area contributed by atoms with Gasteiger partial charge < -0.3 is 24.2 Å². The van der Waals surface area contributed by atoms with Crippen molar-refractivity contribution in [1.29, 1.82) is 0 Å². The molecule has 1 unspecified atom stereocenters. The van der Waals surface area contributed by atoms with Crippen molar-refractivity contribution in [1.82, 2.24) is 4.90 Å². The van der Waals surface area contributed by atoms with Crippen LogP contribution < -0.4 is 9.47 Å². The summed E-state index contributed by atoms with van der Waals surface area (Å²) in [6.45, 7) is 9.12. The van der Waals surface area contributed by atoms with Gasteiger partial charge in [-0.25, -0.2) is 9.59 Å². The van der Waals surface area contributed by atoms with E-state index in [1.165, 1.54) is 6.07 Å². The fraction of sp³-hybridized carbons (Fsp3) is 0.636. The molecule has 1 amide bonds. The molecule has 2 aliphatic rings. The second-order valence-corrected chi connectivity index (χ2v) is 9.72. The van der Waals surface area contributed by atoms with E-state index in [-0.39, 0.29) is 28.6 Å². The van der Waals surface area contributed by atoms with E-state index in [9.17, 15) is 14.7 Å². The molecule has 0 aromatic heterocycles. The first-order valence-corrected chi connectivity index (χ1v) is 10.6. The van der Waals surface area contributed by atoms with Crippen molar-refractivity contribution in [2.45, 2.75) is 77.7 Å². The highest BCUT2D eigenvalue weighted by atomic mass is 35.5. The lowest BCUT2D eigenvalue weighted by atomic mass is 9.81. The largest absolute Gasteiger partial charge is 0.478 e. The van der Waals surface area contributed by atoms with Crippen LogP contribution in [0.3, 0.4) is 0 Å². The van der Waals surface area contributed by atoms with Crippen LogP contribution in [0, 0.1) is 12.8 Å². The molecule has 8 heteroatoms. The van der Waals surface area contributed by atoms with Gasteiger partial charge in [0.15, 0.2) is 11.5 Å². The Balaban J connectivity index is 1.69. The van der Waals surface area contributed by atoms with Gasteiger partial charge in [0.2, 0.25) is 0 Å². The first-order valence-electron chi connectivity index (χ1n) is 10.2. The standard InChI is InChI=1S/C22H30ClNO6/c1-12-15(19(25)26)11-16(23)18-17(12)28-22(5,29-18)13-7-9-14(10-8-13)24(6)20(27)30-21(2,3)4/h11,13-14H,7-10H2,1-6H3,(H,25,26)/t13-,14-,22?. The number of rotatable bonds is 3. The summed E-state index contributed by atoms with van der Waals surface area (Å²) in [6.07, 6.45) is 2.87. The Morgan fingerprint density at radius 1 is 1.20 bits per heavy atom. The normalized spacial score (nSPS) is 25.7. The zero-order chi connectivity index (χ0) is 22.4. The first kappa shape index (κ1) is 22.5. The number of carboxylic acids is 1. The maximum Gasteiger partial charge on any atom is 0.410 e. The first-order chi connectivity index (χ1) is 13.8. The highest BCUT2D eigenvalue weighted by Gasteiger charge is 2.48. The lowest BCUT2D eigenvalue weighted by molar-refractivity contribution is -0.123. The number of benzene rings is 1. The molecule has 0 spiro atoms. The van der Waals surface area contributed by atoms with Crippen LogP contribution in [0.5, 0.6) is 11.5 Å². The minimum atomic E-state index is -1.06. The molecule has 1 saturated carbocycles. The van der Waals surface area contributed by atoms with Gasteiger partial charge in [0.25, 0.3) is 5.79 Å². The van der Waals surface area contributed by atoms with Crippen LogP contribution >= 0.6 is 11.6 Å². The van der Waals surface area contributed by atoms with Gasteiger partial charge in [-0.05, 0) is 59.4 Å². The molecule has 0 bridgehead atoms. The Kier molecular flexibility index (Phi) is 5.89. The maximum absolute atomic E-state index is 12.4. The van der Waals surface area contributed by atoms with Crippen molar-refractivity contribution in [3.8, 4) is 11.5 Å². The Morgan fingerprint density at radius 2 is 1.77 bits per heavy atom. The summed E-state index contributed by atoms with van der Waals surface area (Å²) in [6, 6.07) is 1.49. The van der Waals surface area contributed by atoms with Crippen LogP contribution in [-0.4, -0.2) is 46.5 Å². The van der Waals surface area contributed by atoms with E-state index < -0.39 is 17.4 Å². The summed E-state index contributed by atoms with van der Waals surface area (Å²) in [5, 5.41) is 9.63. The topological polar surface area (TPSA) is 85.3 Å². The van der Waals surface area contributed by atoms with Crippen molar-refractivity contribution >= 4 is 23.7 Å². The molecule has 1 aromatic rings. The lowest BCUT2D eigenvalue weighted by Gasteiger charge is -2.40. The molecule has 7 nitrogen and oxygen atoms in total. The number of carboxylic acid groups (broad SMARTS) is 1. The fourth-order valence-electron chi connectivity index (χ4n) is 4.21. The molecule has 1 heterocycles. The Labute approximate surface area is 182 Å². The number of halogens is 1. The van der Waals surface area contributed by atoms with Gasteiger partial charge in [-0.3, -0.25) is 0 Å². The maximum atomic E-state index is 12.4. The van der Waals surface area contributed by atoms with E-state index in [0.29, 0.717) is 17.1 Å². The van der Waals surface area contributed by atoms with Gasteiger partial charge >= 0.3 is 12.1 Å². The molecule has 3 rings (SSSR count). The predicted molar refractivity (Wildman–Crippen MR) is 113 cm³/mol. The van der Waals surface area contributed by atoms with E-state index >= 15 is 0 Å². The van der Waals surface area contributed by atoms with Crippen molar-refractivity contribution in [3.63, 3.8) is 0 Å². The SMILES string of the molecule is Cc1c(C(=O)O)cc(Cl)c2c1OC(C)([C@H]1CC[C@H](N(C)C(=O)OC(C)(C)C)CC1)O2. The fourth-order valence-corrected chi connectivity index (χ4v) is 4.44. The minimum Gasteiger partial charge on any atom is -0.478 e. The number of amides is 1. The molecule has 1 aliphatic heterocycles. The molecule has 166 valence electrons. The molecule has 0 radical (unpaired) electrons. The van der Waals surface area contributed by atoms with Gasteiger partial charge in [0.05, 0.1) is 10.6 Å². The van der Waals surface area contributed by atoms with E-state index in [4.69, 9.17) is 25.8 Å². The van der Waals surface area contributed by atoms with Crippen LogP contribution in [0.2, 0.25) is 5.02 Å². The molecule has 1 fully saturated rings. The van der Waals surface area contributed by atoms with Crippen molar-refractivity contribution < 1.29 is 28.9 Å². The van der Waals surface area contributed by atoms with E-state index in [1.807, 2.05) is 27.7 Å². The average Bonchev–Trinajstić information content (AvgIpc) is 3.02. The molecule has 30 heavy (non-hydrogen) atoms. The van der Waals surface area contributed by atoms with Gasteiger partial charge in [-0.1, -0.05) is 11.6 Å². The number of aromatic carboxylic acids is 1. The van der Waals surface area contributed by atoms with Crippen molar-refractivity contribution in [2.24, 2.45) is 5.92 Å². The zero-order valence-corrected chi connectivity index (χ0v) is 19.1. The zero-order valence-electron chi connectivity index (χ0n) is 18.4. The Hall–Kier alpha value is -2.15. The Bertz CT molecular complexity index is 856. The summed E-state index contributed by atoms with van der Waals surface area (Å²) < 4.78 is 17.8. The van der Waals surface area contributed by atoms with Crippen molar-refractivity contribution in [2.75, 3.05) is 7.05 Å². The molecule has 1 aromatic carbocycles. The summed E-state index contributed by atoms with van der Waals surface area (Å²) in [5.74, 6) is -1.11. The van der Waals surface area contributed by atoms with Gasteiger partial charge in [0, 0.05) is 31.5 Å². The van der Waals surface area contributed by atoms with E-state index in [1.54, 1.807) is 18.9 Å². The number of hydrogen-bond acceptors (Lipinski definition) is 5. The quantitative estimate of drug-likeness (QED) is 0.691. The molecule has 0 saturated heterocycles. The summed E-state index contributed by atoms with van der Waals surface area (Å²) in [7, 11) is 1.77. The lowest BCUT2D eigenvalue weighted by Crippen LogP contribution is -2.48. The number of carbonyl (C=O) groups excluding carboxylic acids is 1. The minimum absolute atomic E-state index is 0.0805. The van der Waals surface area contributed by atoms with Crippen LogP contribution in [0.4, 0.5) is 4.79 Å². The monoisotopic (exact) mass is 439 g/mol. The smallest absolute Gasteiger partial charge is 0.410 e. The number of carbonyl (C=O) groups is 2. The molecular weight excluding hydrogens is 410 g/mol. The van der Waals surface area contributed by atoms with E-state index in [0.717, 1.165) is 25.7 Å². The number of nitrogens with zero attached hydrogens (tertiary/aromatic N) is 1. The van der Waals surface area contributed by atoms with Gasteiger partial charge in [-0.2, -0.15) is 0 Å². The Morgan fingerprint density at radius 3 is 2.30 bits per heavy atom. The highest BCUT2D eigenvalue weighted by Crippen LogP contribution is 2.51. The van der Waals surface area contributed by atoms with Crippen LogP contribution in [-0.2, 0) is 4.74 Å². The third kappa shape index (κ3) is 4.31. The molecule has 1 aliphatic carbocycles. The van der Waals surface area contributed by atoms with Crippen molar-refractivity contribution in [3.05, 3.63) is 22.2 Å². The second kappa shape index (κ2) is 7.84. The average molecular weight is 440 g/mol. The predicted octanol–water partition coefficient (Wildman–Crippen LogP) is 5.26. The number of fused-ring (bicyclic) bond motifs is 1. The van der Waals surface area contributed by atoms with Crippen LogP contribution in [0.1, 0.15) is 69.3 Å². The summed E-state index contributed by atoms with van der Waals surface area (Å²) in [5.41, 5.74) is 0.0810. The molecule has 1 N–H and O–H groups in total. The third-order valence-electron chi connectivity index (χ3n) is 5.95. The molecule has 1 atom stereocenters. The van der Waals surface area contributed by atoms with E-state index in [2.05, 4.69) is 0 Å². The third-order valence-corrected chi connectivity index (χ3v) is 6.23. The summed E-state index contributed by atoms with van der Waals surface area (Å²) >= 11 is 6.28. The molecular formula is C22H30ClNO6. The second-order valence-electron chi connectivity index (χ2n) is 9.31. The summed E-state index contributed by atoms with van der Waals surface area (Å²) in [4.78, 5) is 25.5. The van der Waals surface area contributed by atoms with Crippen LogP contribution in [0.25, 0.3) is 0 Å². The van der Waals surface area contributed by atoms with Crippen LogP contribution in [0.15, 0.2) is 6.07 Å². The highest BCUT2D eigenvalue weighted by molar-refractivity contribution is 6.32. The van der Waals surface area contributed by atoms with Gasteiger partial charge in [0.1, 0.15) is 5.60 Å². The number of hydrogen-bond donors (Lipinski definition) is 1.